The highest BCUT2D eigenvalue weighted by Gasteiger charge is 2.19. The van der Waals surface area contributed by atoms with E-state index in [4.69, 9.17) is 14.2 Å². The average molecular weight is 968 g/mol. The molecule has 1 atom stereocenters. The maximum absolute atomic E-state index is 12.8. The first-order valence-electron chi connectivity index (χ1n) is 30.1. The second kappa shape index (κ2) is 57.9. The fourth-order valence-corrected chi connectivity index (χ4v) is 8.74. The summed E-state index contributed by atoms with van der Waals surface area (Å²) in [6.45, 7) is 6.59. The summed E-state index contributed by atoms with van der Waals surface area (Å²) in [5.74, 6) is -0.880. The third-order valence-electron chi connectivity index (χ3n) is 13.3. The molecule has 0 saturated carbocycles. The Kier molecular flexibility index (Phi) is 55.7. The highest BCUT2D eigenvalue weighted by atomic mass is 16.6. The molecule has 0 heterocycles. The van der Waals surface area contributed by atoms with E-state index in [0.717, 1.165) is 77.0 Å². The molecule has 402 valence electrons. The Balaban J connectivity index is 4.04. The fourth-order valence-electron chi connectivity index (χ4n) is 8.74. The first kappa shape index (κ1) is 66.4. The predicted octanol–water partition coefficient (Wildman–Crippen LogP) is 20.2. The van der Waals surface area contributed by atoms with Crippen LogP contribution in [0.5, 0.6) is 0 Å². The van der Waals surface area contributed by atoms with E-state index >= 15 is 0 Å². The van der Waals surface area contributed by atoms with Gasteiger partial charge in [0.2, 0.25) is 0 Å². The summed E-state index contributed by atoms with van der Waals surface area (Å²) in [5, 5.41) is 0. The zero-order chi connectivity index (χ0) is 50.0. The largest absolute Gasteiger partial charge is 0.462 e. The van der Waals surface area contributed by atoms with Crippen molar-refractivity contribution in [2.24, 2.45) is 0 Å². The molecule has 0 rings (SSSR count). The van der Waals surface area contributed by atoms with Crippen molar-refractivity contribution in [2.75, 3.05) is 13.2 Å². The molecule has 0 aromatic carbocycles. The van der Waals surface area contributed by atoms with E-state index < -0.39 is 6.10 Å². The lowest BCUT2D eigenvalue weighted by Gasteiger charge is -2.18. The van der Waals surface area contributed by atoms with Crippen molar-refractivity contribution in [3.8, 4) is 0 Å². The molecule has 0 aromatic heterocycles. The molecule has 1 unspecified atom stereocenters. The van der Waals surface area contributed by atoms with Gasteiger partial charge in [-0.25, -0.2) is 0 Å². The SMILES string of the molecule is CCCCCCC/C=C\C/C=C\C/C=C\CCCCCCCCCCCCCCCCC(=O)OCC(COC(=O)CCCCCCCC)OC(=O)CCCCCCC/C=C\CCCCCCCCC. The van der Waals surface area contributed by atoms with E-state index in [-0.39, 0.29) is 31.1 Å². The Morgan fingerprint density at radius 3 is 0.826 bits per heavy atom. The topological polar surface area (TPSA) is 78.9 Å². The van der Waals surface area contributed by atoms with Crippen molar-refractivity contribution >= 4 is 17.9 Å². The van der Waals surface area contributed by atoms with Crippen molar-refractivity contribution in [1.29, 1.82) is 0 Å². The van der Waals surface area contributed by atoms with Gasteiger partial charge >= 0.3 is 17.9 Å². The summed E-state index contributed by atoms with van der Waals surface area (Å²) in [6, 6.07) is 0. The van der Waals surface area contributed by atoms with E-state index in [1.165, 1.54) is 199 Å². The Labute approximate surface area is 428 Å². The third kappa shape index (κ3) is 56.2. The van der Waals surface area contributed by atoms with Crippen molar-refractivity contribution in [1.82, 2.24) is 0 Å². The first-order chi connectivity index (χ1) is 34.0. The Morgan fingerprint density at radius 1 is 0.290 bits per heavy atom. The van der Waals surface area contributed by atoms with Crippen LogP contribution in [0.2, 0.25) is 0 Å². The van der Waals surface area contributed by atoms with Gasteiger partial charge in [0.05, 0.1) is 0 Å². The molecular formula is C63H114O6. The normalized spacial score (nSPS) is 12.3. The molecule has 6 nitrogen and oxygen atoms in total. The smallest absolute Gasteiger partial charge is 0.306 e. The van der Waals surface area contributed by atoms with Crippen LogP contribution in [0.1, 0.15) is 316 Å². The molecule has 0 aliphatic heterocycles. The van der Waals surface area contributed by atoms with Gasteiger partial charge in [-0.2, -0.15) is 0 Å². The molecule has 0 N–H and O–H groups in total. The van der Waals surface area contributed by atoms with Crippen LogP contribution in [-0.2, 0) is 28.6 Å². The summed E-state index contributed by atoms with van der Waals surface area (Å²) >= 11 is 0. The molecule has 0 bridgehead atoms. The predicted molar refractivity (Wildman–Crippen MR) is 298 cm³/mol. The summed E-state index contributed by atoms with van der Waals surface area (Å²) < 4.78 is 16.8. The number of ether oxygens (including phenoxy) is 3. The number of allylic oxidation sites excluding steroid dienone is 8. The second-order valence-electron chi connectivity index (χ2n) is 20.3. The van der Waals surface area contributed by atoms with Crippen molar-refractivity contribution in [3.05, 3.63) is 48.6 Å². The zero-order valence-corrected chi connectivity index (χ0v) is 46.1. The lowest BCUT2D eigenvalue weighted by Crippen LogP contribution is -2.30. The molecule has 0 spiro atoms. The van der Waals surface area contributed by atoms with Crippen LogP contribution < -0.4 is 0 Å². The summed E-state index contributed by atoms with van der Waals surface area (Å²) in [7, 11) is 0. The lowest BCUT2D eigenvalue weighted by molar-refractivity contribution is -0.167. The van der Waals surface area contributed by atoms with Gasteiger partial charge in [-0.15, -0.1) is 0 Å². The van der Waals surface area contributed by atoms with Gasteiger partial charge < -0.3 is 14.2 Å². The van der Waals surface area contributed by atoms with Crippen LogP contribution in [-0.4, -0.2) is 37.2 Å². The van der Waals surface area contributed by atoms with Gasteiger partial charge in [0.25, 0.3) is 0 Å². The molecule has 0 radical (unpaired) electrons. The highest BCUT2D eigenvalue weighted by Crippen LogP contribution is 2.16. The lowest BCUT2D eigenvalue weighted by atomic mass is 10.0. The molecule has 0 aromatic rings. The number of carbonyl (C=O) groups excluding carboxylic acids is 3. The maximum Gasteiger partial charge on any atom is 0.306 e. The minimum Gasteiger partial charge on any atom is -0.462 e. The van der Waals surface area contributed by atoms with Gasteiger partial charge in [-0.05, 0) is 83.5 Å². The molecular weight excluding hydrogens is 853 g/mol. The second-order valence-corrected chi connectivity index (χ2v) is 20.3. The number of rotatable bonds is 55. The van der Waals surface area contributed by atoms with Crippen LogP contribution in [0.25, 0.3) is 0 Å². The van der Waals surface area contributed by atoms with Crippen molar-refractivity contribution < 1.29 is 28.6 Å². The van der Waals surface area contributed by atoms with Crippen LogP contribution in [0.15, 0.2) is 48.6 Å². The maximum atomic E-state index is 12.8. The average Bonchev–Trinajstić information content (AvgIpc) is 3.35. The van der Waals surface area contributed by atoms with Gasteiger partial charge in [-0.1, -0.05) is 262 Å². The fraction of sp³-hybridized carbons (Fsp3) is 0.825. The number of carbonyl (C=O) groups is 3. The quantitative estimate of drug-likeness (QED) is 0.0262. The Morgan fingerprint density at radius 2 is 0.522 bits per heavy atom. The summed E-state index contributed by atoms with van der Waals surface area (Å²) in [4.78, 5) is 37.9. The number of esters is 3. The standard InChI is InChI=1S/C63H114O6/c1-4-7-10-13-16-18-20-22-24-26-27-28-29-30-31-32-33-34-35-36-37-38-40-41-43-45-47-50-53-56-62(65)68-59-60(58-67-61(64)55-52-49-15-12-9-6-3)69-63(66)57-54-51-48-46-44-42-39-25-23-21-19-17-14-11-8-5-2/h20,22,25-27,29-30,39,60H,4-19,21,23-24,28,31-38,40-59H2,1-3H3/b22-20-,27-26-,30-29-,39-25-. The molecule has 0 aliphatic rings. The van der Waals surface area contributed by atoms with E-state index in [0.29, 0.717) is 19.3 Å². The Hall–Kier alpha value is -2.63. The minimum atomic E-state index is -0.772. The van der Waals surface area contributed by atoms with Crippen LogP contribution >= 0.6 is 0 Å². The van der Waals surface area contributed by atoms with Crippen LogP contribution in [0.4, 0.5) is 0 Å². The minimum absolute atomic E-state index is 0.0742. The Bertz CT molecular complexity index is 1200. The van der Waals surface area contributed by atoms with Gasteiger partial charge in [0.15, 0.2) is 6.10 Å². The van der Waals surface area contributed by atoms with Crippen LogP contribution in [0.3, 0.4) is 0 Å². The van der Waals surface area contributed by atoms with Crippen molar-refractivity contribution in [3.63, 3.8) is 0 Å². The van der Waals surface area contributed by atoms with E-state index in [1.807, 2.05) is 0 Å². The van der Waals surface area contributed by atoms with Gasteiger partial charge in [0.1, 0.15) is 13.2 Å². The third-order valence-corrected chi connectivity index (χ3v) is 13.3. The molecule has 0 amide bonds. The molecule has 69 heavy (non-hydrogen) atoms. The number of hydrogen-bond donors (Lipinski definition) is 0. The van der Waals surface area contributed by atoms with E-state index in [1.54, 1.807) is 0 Å². The first-order valence-corrected chi connectivity index (χ1v) is 30.1. The van der Waals surface area contributed by atoms with Gasteiger partial charge in [0, 0.05) is 19.3 Å². The summed E-state index contributed by atoms with van der Waals surface area (Å²) in [5.41, 5.74) is 0. The molecule has 0 fully saturated rings. The molecule has 6 heteroatoms. The molecule has 0 aliphatic carbocycles. The molecule has 0 saturated heterocycles. The highest BCUT2D eigenvalue weighted by molar-refractivity contribution is 5.71. The monoisotopic (exact) mass is 967 g/mol. The van der Waals surface area contributed by atoms with E-state index in [2.05, 4.69) is 69.4 Å². The van der Waals surface area contributed by atoms with Crippen LogP contribution in [0, 0.1) is 0 Å². The van der Waals surface area contributed by atoms with Crippen molar-refractivity contribution in [2.45, 2.75) is 322 Å². The van der Waals surface area contributed by atoms with E-state index in [9.17, 15) is 14.4 Å². The number of unbranched alkanes of at least 4 members (excludes halogenated alkanes) is 36. The zero-order valence-electron chi connectivity index (χ0n) is 46.1. The number of hydrogen-bond acceptors (Lipinski definition) is 6. The van der Waals surface area contributed by atoms with Gasteiger partial charge in [-0.3, -0.25) is 14.4 Å². The summed E-state index contributed by atoms with van der Waals surface area (Å²) in [6.07, 6.45) is 71.5.